The fraction of sp³-hybridized carbons (Fsp3) is 0.364. The van der Waals surface area contributed by atoms with Crippen molar-refractivity contribution in [3.8, 4) is 5.75 Å². The summed E-state index contributed by atoms with van der Waals surface area (Å²) in [5, 5.41) is 5.89. The third-order valence-electron chi connectivity index (χ3n) is 4.91. The fourth-order valence-electron chi connectivity index (χ4n) is 3.38. The lowest BCUT2D eigenvalue weighted by Crippen LogP contribution is -2.46. The van der Waals surface area contributed by atoms with Crippen LogP contribution in [0.25, 0.3) is 0 Å². The van der Waals surface area contributed by atoms with E-state index in [9.17, 15) is 9.59 Å². The third-order valence-corrected chi connectivity index (χ3v) is 4.91. The average Bonchev–Trinajstić information content (AvgIpc) is 3.07. The molecule has 6 nitrogen and oxygen atoms in total. The molecule has 6 heteroatoms. The van der Waals surface area contributed by atoms with E-state index in [1.54, 1.807) is 12.0 Å². The number of anilines is 1. The Kier molecular flexibility index (Phi) is 6.53. The van der Waals surface area contributed by atoms with Crippen molar-refractivity contribution in [3.05, 3.63) is 60.2 Å². The lowest BCUT2D eigenvalue weighted by Gasteiger charge is -2.19. The SMILES string of the molecule is COc1cccc(N2C[C@@H](NC(=O)N[C@H](C)CCc3ccccc3)CC2=O)c1. The molecule has 0 spiro atoms. The Balaban J connectivity index is 1.47. The molecule has 1 saturated heterocycles. The second kappa shape index (κ2) is 9.26. The first-order valence-electron chi connectivity index (χ1n) is 9.60. The van der Waals surface area contributed by atoms with Crippen molar-refractivity contribution in [2.75, 3.05) is 18.6 Å². The number of nitrogens with zero attached hydrogens (tertiary/aromatic N) is 1. The van der Waals surface area contributed by atoms with Gasteiger partial charge in [-0.2, -0.15) is 0 Å². The number of methoxy groups -OCH3 is 1. The van der Waals surface area contributed by atoms with Gasteiger partial charge in [-0.05, 0) is 37.5 Å². The molecule has 1 heterocycles. The molecule has 148 valence electrons. The molecule has 28 heavy (non-hydrogen) atoms. The van der Waals surface area contributed by atoms with Gasteiger partial charge in [0.05, 0.1) is 13.2 Å². The smallest absolute Gasteiger partial charge is 0.315 e. The number of urea groups is 1. The Bertz CT molecular complexity index is 810. The first-order chi connectivity index (χ1) is 13.5. The van der Waals surface area contributed by atoms with E-state index in [2.05, 4.69) is 22.8 Å². The molecule has 3 amide bonds. The van der Waals surface area contributed by atoms with Crippen LogP contribution in [-0.4, -0.2) is 37.7 Å². The van der Waals surface area contributed by atoms with Crippen LogP contribution < -0.4 is 20.3 Å². The number of benzene rings is 2. The minimum absolute atomic E-state index is 0.00400. The van der Waals surface area contributed by atoms with Crippen LogP contribution >= 0.6 is 0 Å². The van der Waals surface area contributed by atoms with Gasteiger partial charge in [0.15, 0.2) is 0 Å². The van der Waals surface area contributed by atoms with Crippen LogP contribution in [0.4, 0.5) is 10.5 Å². The van der Waals surface area contributed by atoms with Crippen LogP contribution in [0.1, 0.15) is 25.3 Å². The number of carbonyl (C=O) groups is 2. The molecule has 0 aliphatic carbocycles. The summed E-state index contributed by atoms with van der Waals surface area (Å²) >= 11 is 0. The second-order valence-corrected chi connectivity index (χ2v) is 7.15. The molecule has 0 bridgehead atoms. The summed E-state index contributed by atoms with van der Waals surface area (Å²) in [5.74, 6) is 0.697. The van der Waals surface area contributed by atoms with Crippen molar-refractivity contribution in [2.45, 2.75) is 38.3 Å². The number of nitrogens with one attached hydrogen (secondary N) is 2. The van der Waals surface area contributed by atoms with Crippen LogP contribution in [0.3, 0.4) is 0 Å². The van der Waals surface area contributed by atoms with E-state index in [0.29, 0.717) is 18.7 Å². The molecule has 2 aromatic rings. The summed E-state index contributed by atoms with van der Waals surface area (Å²) in [6.45, 7) is 2.45. The maximum absolute atomic E-state index is 12.4. The van der Waals surface area contributed by atoms with Gasteiger partial charge >= 0.3 is 6.03 Å². The molecule has 1 aliphatic rings. The Morgan fingerprint density at radius 3 is 2.75 bits per heavy atom. The van der Waals surface area contributed by atoms with Crippen molar-refractivity contribution in [3.63, 3.8) is 0 Å². The summed E-state index contributed by atoms with van der Waals surface area (Å²) in [4.78, 5) is 26.3. The van der Waals surface area contributed by atoms with E-state index in [-0.39, 0.29) is 24.0 Å². The number of aryl methyl sites for hydroxylation is 1. The third kappa shape index (κ3) is 5.25. The Morgan fingerprint density at radius 2 is 2.00 bits per heavy atom. The first kappa shape index (κ1) is 19.7. The highest BCUT2D eigenvalue weighted by Crippen LogP contribution is 2.25. The van der Waals surface area contributed by atoms with Gasteiger partial charge < -0.3 is 20.3 Å². The lowest BCUT2D eigenvalue weighted by molar-refractivity contribution is -0.117. The predicted octanol–water partition coefficient (Wildman–Crippen LogP) is 3.12. The van der Waals surface area contributed by atoms with E-state index in [4.69, 9.17) is 4.74 Å². The van der Waals surface area contributed by atoms with Crippen LogP contribution in [0.2, 0.25) is 0 Å². The van der Waals surface area contributed by atoms with E-state index < -0.39 is 0 Å². The maximum atomic E-state index is 12.4. The number of ether oxygens (including phenoxy) is 1. The molecule has 2 atom stereocenters. The van der Waals surface area contributed by atoms with Gasteiger partial charge in [0.1, 0.15) is 5.75 Å². The zero-order chi connectivity index (χ0) is 19.9. The molecule has 1 aliphatic heterocycles. The summed E-state index contributed by atoms with van der Waals surface area (Å²) in [6.07, 6.45) is 2.06. The van der Waals surface area contributed by atoms with Gasteiger partial charge in [0.25, 0.3) is 0 Å². The van der Waals surface area contributed by atoms with Crippen LogP contribution in [0, 0.1) is 0 Å². The van der Waals surface area contributed by atoms with Gasteiger partial charge in [0, 0.05) is 30.8 Å². The Hall–Kier alpha value is -3.02. The van der Waals surface area contributed by atoms with Crippen LogP contribution in [0.15, 0.2) is 54.6 Å². The average molecular weight is 381 g/mol. The van der Waals surface area contributed by atoms with Crippen molar-refractivity contribution < 1.29 is 14.3 Å². The second-order valence-electron chi connectivity index (χ2n) is 7.15. The van der Waals surface area contributed by atoms with Crippen LogP contribution in [-0.2, 0) is 11.2 Å². The first-order valence-corrected chi connectivity index (χ1v) is 9.60. The van der Waals surface area contributed by atoms with E-state index in [1.807, 2.05) is 49.4 Å². The molecule has 2 N–H and O–H groups in total. The highest BCUT2D eigenvalue weighted by molar-refractivity contribution is 5.97. The lowest BCUT2D eigenvalue weighted by atomic mass is 10.1. The molecule has 0 unspecified atom stereocenters. The zero-order valence-electron chi connectivity index (χ0n) is 16.4. The summed E-state index contributed by atoms with van der Waals surface area (Å²) in [7, 11) is 1.60. The van der Waals surface area contributed by atoms with Gasteiger partial charge in [-0.3, -0.25) is 4.79 Å². The predicted molar refractivity (Wildman–Crippen MR) is 110 cm³/mol. The number of carbonyl (C=O) groups excluding carboxylic acids is 2. The maximum Gasteiger partial charge on any atom is 0.315 e. The standard InChI is InChI=1S/C22H27N3O3/c1-16(11-12-17-7-4-3-5-8-17)23-22(27)24-18-13-21(26)25(15-18)19-9-6-10-20(14-19)28-2/h3-10,14,16,18H,11-13,15H2,1-2H3,(H2,23,24,27)/t16-,18+/m1/s1. The quantitative estimate of drug-likeness (QED) is 0.774. The normalized spacial score (nSPS) is 17.3. The molecule has 0 saturated carbocycles. The number of hydrogen-bond donors (Lipinski definition) is 2. The van der Waals surface area contributed by atoms with E-state index in [1.165, 1.54) is 5.56 Å². The number of hydrogen-bond acceptors (Lipinski definition) is 3. The van der Waals surface area contributed by atoms with Crippen molar-refractivity contribution in [2.24, 2.45) is 0 Å². The van der Waals surface area contributed by atoms with E-state index in [0.717, 1.165) is 18.5 Å². The van der Waals surface area contributed by atoms with Gasteiger partial charge in [-0.25, -0.2) is 4.79 Å². The zero-order valence-corrected chi connectivity index (χ0v) is 16.4. The number of rotatable bonds is 7. The summed E-state index contributed by atoms with van der Waals surface area (Å²) in [6, 6.07) is 17.2. The molecule has 0 radical (unpaired) electrons. The molecule has 1 fully saturated rings. The highest BCUT2D eigenvalue weighted by Gasteiger charge is 2.31. The highest BCUT2D eigenvalue weighted by atomic mass is 16.5. The Labute approximate surface area is 165 Å². The molecule has 2 aromatic carbocycles. The summed E-state index contributed by atoms with van der Waals surface area (Å²) < 4.78 is 5.22. The van der Waals surface area contributed by atoms with Crippen molar-refractivity contribution in [1.82, 2.24) is 10.6 Å². The Morgan fingerprint density at radius 1 is 1.21 bits per heavy atom. The van der Waals surface area contributed by atoms with Crippen molar-refractivity contribution in [1.29, 1.82) is 0 Å². The number of amides is 3. The molecular weight excluding hydrogens is 354 g/mol. The molecule has 0 aromatic heterocycles. The fourth-order valence-corrected chi connectivity index (χ4v) is 3.38. The van der Waals surface area contributed by atoms with E-state index >= 15 is 0 Å². The molecular formula is C22H27N3O3. The van der Waals surface area contributed by atoms with Crippen LogP contribution in [0.5, 0.6) is 5.75 Å². The summed E-state index contributed by atoms with van der Waals surface area (Å²) in [5.41, 5.74) is 2.04. The van der Waals surface area contributed by atoms with Gasteiger partial charge in [0.2, 0.25) is 5.91 Å². The van der Waals surface area contributed by atoms with Gasteiger partial charge in [-0.15, -0.1) is 0 Å². The monoisotopic (exact) mass is 381 g/mol. The van der Waals surface area contributed by atoms with Crippen molar-refractivity contribution >= 4 is 17.6 Å². The molecule has 3 rings (SSSR count). The minimum atomic E-state index is -0.231. The minimum Gasteiger partial charge on any atom is -0.497 e. The largest absolute Gasteiger partial charge is 0.497 e. The topological polar surface area (TPSA) is 70.7 Å². The van der Waals surface area contributed by atoms with Gasteiger partial charge in [-0.1, -0.05) is 36.4 Å².